The van der Waals surface area contributed by atoms with Crippen molar-refractivity contribution >= 4 is 5.82 Å². The molecule has 0 aliphatic carbocycles. The molecule has 5 nitrogen and oxygen atoms in total. The Morgan fingerprint density at radius 2 is 2.28 bits per heavy atom. The first kappa shape index (κ1) is 13.1. The van der Waals surface area contributed by atoms with Crippen LogP contribution in [0.5, 0.6) is 0 Å². The zero-order chi connectivity index (χ0) is 12.8. The van der Waals surface area contributed by atoms with Gasteiger partial charge in [0.25, 0.3) is 5.56 Å². The van der Waals surface area contributed by atoms with Gasteiger partial charge in [-0.1, -0.05) is 6.92 Å². The van der Waals surface area contributed by atoms with Crippen LogP contribution in [0.2, 0.25) is 0 Å². The molecule has 1 aromatic heterocycles. The quantitative estimate of drug-likeness (QED) is 0.765. The monoisotopic (exact) mass is 250 g/mol. The molecule has 0 aromatic carbocycles. The number of H-pyrrole nitrogens is 1. The van der Waals surface area contributed by atoms with Crippen molar-refractivity contribution in [2.24, 2.45) is 5.92 Å². The Balaban J connectivity index is 1.81. The minimum Gasteiger partial charge on any atom is -0.356 e. The highest BCUT2D eigenvalue weighted by Gasteiger charge is 2.19. The fraction of sp³-hybridized carbons (Fsp3) is 0.692. The van der Waals surface area contributed by atoms with E-state index < -0.39 is 0 Å². The zero-order valence-electron chi connectivity index (χ0n) is 11.0. The Hall–Kier alpha value is -1.36. The fourth-order valence-corrected chi connectivity index (χ4v) is 2.38. The second-order valence-corrected chi connectivity index (χ2v) is 4.90. The van der Waals surface area contributed by atoms with Gasteiger partial charge in [0.1, 0.15) is 5.82 Å². The molecule has 1 saturated heterocycles. The summed E-state index contributed by atoms with van der Waals surface area (Å²) in [6.45, 7) is 6.40. The van der Waals surface area contributed by atoms with Gasteiger partial charge in [-0.2, -0.15) is 0 Å². The molecule has 0 unspecified atom stereocenters. The number of aromatic nitrogens is 2. The van der Waals surface area contributed by atoms with Crippen molar-refractivity contribution in [3.63, 3.8) is 0 Å². The molecule has 0 bridgehead atoms. The number of hydrogen-bond acceptors (Lipinski definition) is 4. The predicted octanol–water partition coefficient (Wildman–Crippen LogP) is 0.986. The fourth-order valence-electron chi connectivity index (χ4n) is 2.38. The third kappa shape index (κ3) is 3.57. The number of nitrogens with zero attached hydrogens (tertiary/aromatic N) is 2. The van der Waals surface area contributed by atoms with Crippen molar-refractivity contribution in [3.05, 3.63) is 22.7 Å². The van der Waals surface area contributed by atoms with Crippen LogP contribution in [0.3, 0.4) is 0 Å². The number of piperidine rings is 1. The molecule has 2 heterocycles. The summed E-state index contributed by atoms with van der Waals surface area (Å²) in [6, 6.07) is 1.58. The van der Waals surface area contributed by atoms with E-state index in [1.54, 1.807) is 6.07 Å². The highest BCUT2D eigenvalue weighted by molar-refractivity contribution is 5.36. The molecule has 0 spiro atoms. The van der Waals surface area contributed by atoms with E-state index in [2.05, 4.69) is 27.1 Å². The summed E-state index contributed by atoms with van der Waals surface area (Å²) >= 11 is 0. The molecule has 1 aliphatic heterocycles. The van der Waals surface area contributed by atoms with Gasteiger partial charge in [-0.15, -0.1) is 0 Å². The van der Waals surface area contributed by atoms with E-state index in [-0.39, 0.29) is 5.56 Å². The lowest BCUT2D eigenvalue weighted by molar-refractivity contribution is 0.382. The van der Waals surface area contributed by atoms with E-state index in [1.807, 2.05) is 0 Å². The average molecular weight is 250 g/mol. The third-order valence-electron chi connectivity index (χ3n) is 3.46. The van der Waals surface area contributed by atoms with Crippen molar-refractivity contribution in [1.29, 1.82) is 0 Å². The first-order valence-corrected chi connectivity index (χ1v) is 6.80. The maximum Gasteiger partial charge on any atom is 0.252 e. The SMILES string of the molecule is CCCNCC1CCN(c2cc(=O)[nH]cn2)CC1. The predicted molar refractivity (Wildman–Crippen MR) is 73.0 cm³/mol. The molecule has 0 saturated carbocycles. The summed E-state index contributed by atoms with van der Waals surface area (Å²) in [5.74, 6) is 1.56. The van der Waals surface area contributed by atoms with E-state index in [9.17, 15) is 4.79 Å². The highest BCUT2D eigenvalue weighted by atomic mass is 16.1. The second-order valence-electron chi connectivity index (χ2n) is 4.90. The van der Waals surface area contributed by atoms with Gasteiger partial charge in [0.15, 0.2) is 0 Å². The molecular formula is C13H22N4O. The van der Waals surface area contributed by atoms with Gasteiger partial charge >= 0.3 is 0 Å². The highest BCUT2D eigenvalue weighted by Crippen LogP contribution is 2.20. The first-order valence-electron chi connectivity index (χ1n) is 6.80. The van der Waals surface area contributed by atoms with Gasteiger partial charge in [0, 0.05) is 19.2 Å². The van der Waals surface area contributed by atoms with Gasteiger partial charge in [-0.05, 0) is 38.3 Å². The molecule has 1 aromatic rings. The molecule has 0 radical (unpaired) electrons. The largest absolute Gasteiger partial charge is 0.356 e. The van der Waals surface area contributed by atoms with Crippen molar-refractivity contribution in [3.8, 4) is 0 Å². The van der Waals surface area contributed by atoms with Crippen molar-refractivity contribution in [1.82, 2.24) is 15.3 Å². The van der Waals surface area contributed by atoms with Crippen LogP contribution in [-0.4, -0.2) is 36.1 Å². The average Bonchev–Trinajstić information content (AvgIpc) is 2.40. The van der Waals surface area contributed by atoms with Gasteiger partial charge in [0.2, 0.25) is 0 Å². The third-order valence-corrected chi connectivity index (χ3v) is 3.46. The van der Waals surface area contributed by atoms with Gasteiger partial charge in [-0.3, -0.25) is 4.79 Å². The minimum absolute atomic E-state index is 0.0771. The number of rotatable bonds is 5. The molecule has 0 atom stereocenters. The van der Waals surface area contributed by atoms with Crippen molar-refractivity contribution < 1.29 is 0 Å². The molecule has 1 aliphatic rings. The van der Waals surface area contributed by atoms with Crippen LogP contribution in [0.1, 0.15) is 26.2 Å². The first-order chi connectivity index (χ1) is 8.79. The van der Waals surface area contributed by atoms with E-state index in [4.69, 9.17) is 0 Å². The summed E-state index contributed by atoms with van der Waals surface area (Å²) < 4.78 is 0. The molecule has 0 amide bonds. The summed E-state index contributed by atoms with van der Waals surface area (Å²) in [6.07, 6.45) is 5.01. The van der Waals surface area contributed by atoms with Crippen LogP contribution in [0.15, 0.2) is 17.2 Å². The van der Waals surface area contributed by atoms with Crippen LogP contribution >= 0.6 is 0 Å². The summed E-state index contributed by atoms with van der Waals surface area (Å²) in [5, 5.41) is 3.48. The molecule has 2 rings (SSSR count). The standard InChI is InChI=1S/C13H22N4O/c1-2-5-14-9-11-3-6-17(7-4-11)12-8-13(18)16-10-15-12/h8,10-11,14H,2-7,9H2,1H3,(H,15,16,18). The van der Waals surface area contributed by atoms with Gasteiger partial charge in [-0.25, -0.2) is 4.98 Å². The molecular weight excluding hydrogens is 228 g/mol. The second kappa shape index (κ2) is 6.54. The Kier molecular flexibility index (Phi) is 4.75. The minimum atomic E-state index is -0.0771. The van der Waals surface area contributed by atoms with Crippen LogP contribution in [0.25, 0.3) is 0 Å². The molecule has 1 fully saturated rings. The van der Waals surface area contributed by atoms with E-state index >= 15 is 0 Å². The zero-order valence-corrected chi connectivity index (χ0v) is 11.0. The smallest absolute Gasteiger partial charge is 0.252 e. The Morgan fingerprint density at radius 1 is 1.50 bits per heavy atom. The topological polar surface area (TPSA) is 61.0 Å². The maximum atomic E-state index is 11.2. The Morgan fingerprint density at radius 3 is 2.94 bits per heavy atom. The normalized spacial score (nSPS) is 17.1. The molecule has 100 valence electrons. The molecule has 5 heteroatoms. The van der Waals surface area contributed by atoms with Gasteiger partial charge in [0.05, 0.1) is 6.33 Å². The van der Waals surface area contributed by atoms with E-state index in [0.717, 1.165) is 37.9 Å². The molecule has 2 N–H and O–H groups in total. The lowest BCUT2D eigenvalue weighted by atomic mass is 9.97. The number of anilines is 1. The van der Waals surface area contributed by atoms with Crippen LogP contribution in [0.4, 0.5) is 5.82 Å². The van der Waals surface area contributed by atoms with Crippen LogP contribution in [0, 0.1) is 5.92 Å². The Bertz CT molecular complexity index is 409. The number of hydrogen-bond donors (Lipinski definition) is 2. The summed E-state index contributed by atoms with van der Waals surface area (Å²) in [4.78, 5) is 20.2. The van der Waals surface area contributed by atoms with Crippen molar-refractivity contribution in [2.75, 3.05) is 31.1 Å². The van der Waals surface area contributed by atoms with Crippen LogP contribution in [-0.2, 0) is 0 Å². The lowest BCUT2D eigenvalue weighted by Crippen LogP contribution is -2.38. The summed E-state index contributed by atoms with van der Waals surface area (Å²) in [7, 11) is 0. The van der Waals surface area contributed by atoms with Crippen LogP contribution < -0.4 is 15.8 Å². The number of nitrogens with one attached hydrogen (secondary N) is 2. The van der Waals surface area contributed by atoms with Gasteiger partial charge < -0.3 is 15.2 Å². The lowest BCUT2D eigenvalue weighted by Gasteiger charge is -2.32. The molecule has 18 heavy (non-hydrogen) atoms. The van der Waals surface area contributed by atoms with E-state index in [0.29, 0.717) is 0 Å². The van der Waals surface area contributed by atoms with E-state index in [1.165, 1.54) is 25.6 Å². The van der Waals surface area contributed by atoms with Crippen molar-refractivity contribution in [2.45, 2.75) is 26.2 Å². The number of aromatic amines is 1. The summed E-state index contributed by atoms with van der Waals surface area (Å²) in [5.41, 5.74) is -0.0771. The maximum absolute atomic E-state index is 11.2. The Labute approximate surface area is 108 Å².